The average Bonchev–Trinajstić information content (AvgIpc) is 2.02. The molecule has 1 aliphatic rings. The molecule has 0 aliphatic carbocycles. The topological polar surface area (TPSA) is 74.7 Å². The van der Waals surface area contributed by atoms with Crippen LogP contribution in [0.25, 0.3) is 0 Å². The molecule has 14 heavy (non-hydrogen) atoms. The van der Waals surface area contributed by atoms with E-state index < -0.39 is 23.3 Å². The number of likely N-dealkylation sites (tertiary alicyclic amines) is 1. The van der Waals surface area contributed by atoms with Crippen LogP contribution in [0.5, 0.6) is 0 Å². The lowest BCUT2D eigenvalue weighted by molar-refractivity contribution is -0.166. The first-order chi connectivity index (χ1) is 6.37. The fraction of sp³-hybridized carbons (Fsp3) is 0.667. The number of carboxylic acids is 1. The van der Waals surface area contributed by atoms with Crippen LogP contribution in [-0.2, 0) is 14.4 Å². The molecule has 1 heterocycles. The number of hydrogen-bond acceptors (Lipinski definition) is 3. The highest BCUT2D eigenvalue weighted by atomic mass is 16.4. The zero-order valence-corrected chi connectivity index (χ0v) is 8.24. The maximum absolute atomic E-state index is 11.4. The number of imide groups is 1. The van der Waals surface area contributed by atoms with Gasteiger partial charge in [-0.1, -0.05) is 0 Å². The molecule has 0 atom stereocenters. The first-order valence-electron chi connectivity index (χ1n) is 4.46. The van der Waals surface area contributed by atoms with Gasteiger partial charge in [0.15, 0.2) is 0 Å². The Morgan fingerprint density at radius 1 is 1.29 bits per heavy atom. The van der Waals surface area contributed by atoms with Gasteiger partial charge in [-0.2, -0.15) is 0 Å². The molecule has 0 spiro atoms. The van der Waals surface area contributed by atoms with Crippen molar-refractivity contribution in [3.05, 3.63) is 0 Å². The number of hydrogen-bond donors (Lipinski definition) is 1. The van der Waals surface area contributed by atoms with Crippen molar-refractivity contribution in [2.24, 2.45) is 0 Å². The minimum Gasteiger partial charge on any atom is -0.480 e. The maximum atomic E-state index is 11.4. The fourth-order valence-corrected chi connectivity index (χ4v) is 1.47. The van der Waals surface area contributed by atoms with Gasteiger partial charge in [0.25, 0.3) is 0 Å². The molecule has 0 aromatic carbocycles. The molecule has 2 amide bonds. The van der Waals surface area contributed by atoms with Gasteiger partial charge in [-0.25, -0.2) is 4.79 Å². The monoisotopic (exact) mass is 199 g/mol. The minimum atomic E-state index is -1.44. The van der Waals surface area contributed by atoms with Crippen molar-refractivity contribution in [3.63, 3.8) is 0 Å². The van der Waals surface area contributed by atoms with Crippen LogP contribution >= 0.6 is 0 Å². The maximum Gasteiger partial charge on any atom is 0.329 e. The smallest absolute Gasteiger partial charge is 0.329 e. The second-order valence-corrected chi connectivity index (χ2v) is 3.84. The van der Waals surface area contributed by atoms with Crippen LogP contribution in [0.1, 0.15) is 33.1 Å². The van der Waals surface area contributed by atoms with Gasteiger partial charge in [0, 0.05) is 12.8 Å². The average molecular weight is 199 g/mol. The molecule has 1 N–H and O–H groups in total. The number of amides is 2. The van der Waals surface area contributed by atoms with Crippen LogP contribution in [0.2, 0.25) is 0 Å². The van der Waals surface area contributed by atoms with Crippen molar-refractivity contribution in [2.75, 3.05) is 0 Å². The first kappa shape index (κ1) is 10.7. The van der Waals surface area contributed by atoms with Gasteiger partial charge in [-0.15, -0.1) is 0 Å². The number of piperidine rings is 1. The summed E-state index contributed by atoms with van der Waals surface area (Å²) in [5.41, 5.74) is -1.44. The van der Waals surface area contributed by atoms with Gasteiger partial charge in [0.2, 0.25) is 11.8 Å². The van der Waals surface area contributed by atoms with Crippen LogP contribution in [-0.4, -0.2) is 33.3 Å². The highest BCUT2D eigenvalue weighted by molar-refractivity contribution is 6.02. The number of carboxylic acid groups (broad SMARTS) is 1. The van der Waals surface area contributed by atoms with Crippen LogP contribution in [0.3, 0.4) is 0 Å². The molecule has 0 saturated carbocycles. The van der Waals surface area contributed by atoms with Crippen LogP contribution in [0.4, 0.5) is 0 Å². The molecule has 5 heteroatoms. The Balaban J connectivity index is 2.99. The molecule has 0 bridgehead atoms. The largest absolute Gasteiger partial charge is 0.480 e. The van der Waals surface area contributed by atoms with E-state index in [0.717, 1.165) is 4.90 Å². The van der Waals surface area contributed by atoms with E-state index >= 15 is 0 Å². The molecule has 0 radical (unpaired) electrons. The Morgan fingerprint density at radius 3 is 2.07 bits per heavy atom. The molecule has 5 nitrogen and oxygen atoms in total. The van der Waals surface area contributed by atoms with E-state index in [0.29, 0.717) is 6.42 Å². The van der Waals surface area contributed by atoms with E-state index in [-0.39, 0.29) is 12.8 Å². The summed E-state index contributed by atoms with van der Waals surface area (Å²) >= 11 is 0. The van der Waals surface area contributed by atoms with Crippen molar-refractivity contribution < 1.29 is 19.5 Å². The lowest BCUT2D eigenvalue weighted by Crippen LogP contribution is -2.57. The second kappa shape index (κ2) is 3.40. The Labute approximate surface area is 81.7 Å². The van der Waals surface area contributed by atoms with E-state index in [1.165, 1.54) is 13.8 Å². The zero-order chi connectivity index (χ0) is 10.9. The summed E-state index contributed by atoms with van der Waals surface area (Å²) in [6.45, 7) is 2.72. The Hall–Kier alpha value is -1.39. The standard InChI is InChI=1S/C9H13NO4/c1-9(2,8(13)14)10-6(11)4-3-5-7(10)12/h3-5H2,1-2H3,(H,13,14). The molecule has 1 aliphatic heterocycles. The lowest BCUT2D eigenvalue weighted by atomic mass is 9.98. The highest BCUT2D eigenvalue weighted by Crippen LogP contribution is 2.22. The summed E-state index contributed by atoms with van der Waals surface area (Å²) in [6, 6.07) is 0. The molecule has 0 aromatic rings. The summed E-state index contributed by atoms with van der Waals surface area (Å²) in [7, 11) is 0. The van der Waals surface area contributed by atoms with Gasteiger partial charge >= 0.3 is 5.97 Å². The number of carbonyl (C=O) groups excluding carboxylic acids is 2. The van der Waals surface area contributed by atoms with Crippen molar-refractivity contribution >= 4 is 17.8 Å². The Morgan fingerprint density at radius 2 is 1.71 bits per heavy atom. The van der Waals surface area contributed by atoms with Gasteiger partial charge in [0.05, 0.1) is 0 Å². The van der Waals surface area contributed by atoms with E-state index in [9.17, 15) is 14.4 Å². The predicted octanol–water partition coefficient (Wildman–Crippen LogP) is 0.389. The van der Waals surface area contributed by atoms with Crippen molar-refractivity contribution in [2.45, 2.75) is 38.6 Å². The molecule has 0 unspecified atom stereocenters. The molecule has 78 valence electrons. The van der Waals surface area contributed by atoms with E-state index in [1.807, 2.05) is 0 Å². The second-order valence-electron chi connectivity index (χ2n) is 3.84. The van der Waals surface area contributed by atoms with E-state index in [4.69, 9.17) is 5.11 Å². The van der Waals surface area contributed by atoms with Crippen molar-refractivity contribution in [1.29, 1.82) is 0 Å². The Bertz CT molecular complexity index is 279. The normalized spacial score (nSPS) is 18.6. The summed E-state index contributed by atoms with van der Waals surface area (Å²) < 4.78 is 0. The molecule has 0 aromatic heterocycles. The third kappa shape index (κ3) is 1.62. The van der Waals surface area contributed by atoms with E-state index in [2.05, 4.69) is 0 Å². The molecule has 1 rings (SSSR count). The zero-order valence-electron chi connectivity index (χ0n) is 8.24. The molecular weight excluding hydrogens is 186 g/mol. The SMILES string of the molecule is CC(C)(C(=O)O)N1C(=O)CCCC1=O. The lowest BCUT2D eigenvalue weighted by Gasteiger charge is -2.35. The van der Waals surface area contributed by atoms with Crippen LogP contribution in [0, 0.1) is 0 Å². The number of nitrogens with zero attached hydrogens (tertiary/aromatic N) is 1. The van der Waals surface area contributed by atoms with Gasteiger partial charge < -0.3 is 5.11 Å². The quantitative estimate of drug-likeness (QED) is 0.653. The number of rotatable bonds is 2. The van der Waals surface area contributed by atoms with Gasteiger partial charge in [-0.05, 0) is 20.3 Å². The minimum absolute atomic E-state index is 0.252. The van der Waals surface area contributed by atoms with Gasteiger partial charge in [0.1, 0.15) is 5.54 Å². The summed E-state index contributed by atoms with van der Waals surface area (Å²) in [6.07, 6.45) is 1.02. The molecular formula is C9H13NO4. The van der Waals surface area contributed by atoms with Crippen molar-refractivity contribution in [1.82, 2.24) is 4.90 Å². The molecule has 1 fully saturated rings. The third-order valence-corrected chi connectivity index (χ3v) is 2.36. The highest BCUT2D eigenvalue weighted by Gasteiger charge is 2.43. The summed E-state index contributed by atoms with van der Waals surface area (Å²) in [5, 5.41) is 8.88. The van der Waals surface area contributed by atoms with Crippen LogP contribution in [0.15, 0.2) is 0 Å². The third-order valence-electron chi connectivity index (χ3n) is 2.36. The fourth-order valence-electron chi connectivity index (χ4n) is 1.47. The molecule has 1 saturated heterocycles. The number of aliphatic carboxylic acids is 1. The predicted molar refractivity (Wildman–Crippen MR) is 47.4 cm³/mol. The Kier molecular flexibility index (Phi) is 2.59. The van der Waals surface area contributed by atoms with Crippen molar-refractivity contribution in [3.8, 4) is 0 Å². The number of carbonyl (C=O) groups is 3. The summed E-state index contributed by atoms with van der Waals surface area (Å²) in [5.74, 6) is -1.96. The summed E-state index contributed by atoms with van der Waals surface area (Å²) in [4.78, 5) is 34.5. The van der Waals surface area contributed by atoms with E-state index in [1.54, 1.807) is 0 Å². The van der Waals surface area contributed by atoms with Gasteiger partial charge in [-0.3, -0.25) is 14.5 Å². The first-order valence-corrected chi connectivity index (χ1v) is 4.46. The van der Waals surface area contributed by atoms with Crippen LogP contribution < -0.4 is 0 Å².